The largest absolute Gasteiger partial charge is 0.495 e. The van der Waals surface area contributed by atoms with E-state index in [1.807, 2.05) is 48.3 Å². The molecule has 0 radical (unpaired) electrons. The first-order chi connectivity index (χ1) is 11.7. The van der Waals surface area contributed by atoms with Crippen LogP contribution in [0.2, 0.25) is 0 Å². The second-order valence-electron chi connectivity index (χ2n) is 5.72. The van der Waals surface area contributed by atoms with Gasteiger partial charge in [-0.25, -0.2) is 4.98 Å². The van der Waals surface area contributed by atoms with E-state index in [0.717, 1.165) is 27.2 Å². The number of oxazole rings is 1. The number of fused-ring (bicyclic) bond motifs is 1. The molecule has 1 N–H and O–H groups in total. The van der Waals surface area contributed by atoms with Crippen molar-refractivity contribution in [2.75, 3.05) is 11.6 Å². The van der Waals surface area contributed by atoms with Gasteiger partial charge >= 0.3 is 0 Å². The van der Waals surface area contributed by atoms with Gasteiger partial charge in [-0.05, 0) is 36.8 Å². The Morgan fingerprint density at radius 1 is 1.25 bits per heavy atom. The van der Waals surface area contributed by atoms with Crippen LogP contribution in [0.5, 0.6) is 0 Å². The number of para-hydroxylation sites is 1. The summed E-state index contributed by atoms with van der Waals surface area (Å²) in [5, 5.41) is 15.6. The Morgan fingerprint density at radius 3 is 2.96 bits per heavy atom. The van der Waals surface area contributed by atoms with Crippen molar-refractivity contribution >= 4 is 34.4 Å². The highest BCUT2D eigenvalue weighted by Gasteiger charge is 2.18. The molecule has 2 aromatic carbocycles. The van der Waals surface area contributed by atoms with Crippen molar-refractivity contribution in [3.63, 3.8) is 0 Å². The van der Waals surface area contributed by atoms with Crippen LogP contribution in [-0.4, -0.2) is 22.5 Å². The molecule has 1 aromatic heterocycles. The van der Waals surface area contributed by atoms with Crippen molar-refractivity contribution in [3.05, 3.63) is 53.9 Å². The van der Waals surface area contributed by atoms with E-state index in [4.69, 9.17) is 4.42 Å². The Labute approximate surface area is 144 Å². The fourth-order valence-corrected chi connectivity index (χ4v) is 3.59. The Hall–Kier alpha value is -2.47. The van der Waals surface area contributed by atoms with E-state index in [1.165, 1.54) is 0 Å². The van der Waals surface area contributed by atoms with Gasteiger partial charge < -0.3 is 9.52 Å². The average Bonchev–Trinajstić information content (AvgIpc) is 3.18. The van der Waals surface area contributed by atoms with Gasteiger partial charge in [0.25, 0.3) is 0 Å². The average molecular weight is 339 g/mol. The van der Waals surface area contributed by atoms with Gasteiger partial charge in [0.15, 0.2) is 5.58 Å². The molecule has 1 aliphatic heterocycles. The van der Waals surface area contributed by atoms with Gasteiger partial charge in [-0.1, -0.05) is 18.2 Å². The van der Waals surface area contributed by atoms with E-state index >= 15 is 0 Å². The molecule has 4 rings (SSSR count). The summed E-state index contributed by atoms with van der Waals surface area (Å²) in [6.45, 7) is 2.74. The van der Waals surface area contributed by atoms with Gasteiger partial charge in [0, 0.05) is 11.3 Å². The highest BCUT2D eigenvalue weighted by atomic mass is 32.2. The van der Waals surface area contributed by atoms with E-state index in [1.54, 1.807) is 11.8 Å². The van der Waals surface area contributed by atoms with Crippen molar-refractivity contribution in [1.82, 2.24) is 4.98 Å². The minimum absolute atomic E-state index is 0.184. The lowest BCUT2D eigenvalue weighted by Gasteiger charge is -2.16. The number of hydrogen-bond acceptors (Lipinski definition) is 5. The maximum Gasteiger partial charge on any atom is 0.205 e. The van der Waals surface area contributed by atoms with Crippen LogP contribution in [0, 0.1) is 6.92 Å². The second kappa shape index (κ2) is 6.20. The van der Waals surface area contributed by atoms with Crippen LogP contribution in [0.4, 0.5) is 5.69 Å². The molecular formula is C18H17N3O2S. The predicted molar refractivity (Wildman–Crippen MR) is 96.8 cm³/mol. The minimum atomic E-state index is 0.184. The number of aliphatic hydroxyl groups excluding tert-OH is 1. The van der Waals surface area contributed by atoms with Crippen LogP contribution in [0.3, 0.4) is 0 Å². The van der Waals surface area contributed by atoms with Crippen molar-refractivity contribution in [1.29, 1.82) is 0 Å². The molecular weight excluding hydrogens is 322 g/mol. The molecule has 0 saturated carbocycles. The summed E-state index contributed by atoms with van der Waals surface area (Å²) in [7, 11) is 0. The number of nitrogens with zero attached hydrogens (tertiary/aromatic N) is 3. The summed E-state index contributed by atoms with van der Waals surface area (Å²) in [5.74, 6) is 1.54. The molecule has 6 heteroatoms. The fraction of sp³-hybridized carbons (Fsp3) is 0.222. The summed E-state index contributed by atoms with van der Waals surface area (Å²) in [4.78, 5) is 5.63. The number of aromatic nitrogens is 1. The van der Waals surface area contributed by atoms with E-state index in [-0.39, 0.29) is 5.90 Å². The van der Waals surface area contributed by atoms with Gasteiger partial charge in [-0.2, -0.15) is 0 Å². The Bertz CT molecular complexity index is 920. The van der Waals surface area contributed by atoms with Crippen LogP contribution >= 0.6 is 11.8 Å². The van der Waals surface area contributed by atoms with Gasteiger partial charge in [0.1, 0.15) is 5.52 Å². The standard InChI is InChI=1S/C18H17N3O2S/c1-12-6-7-13-15(10-12)23-18(19-13)11-24-16-5-3-2-4-14(16)21-9-8-17(22)20-21/h2-7,10H,8-9,11H2,1H3,(H,20,22). The quantitative estimate of drug-likeness (QED) is 0.709. The number of thioether (sulfide) groups is 1. The lowest BCUT2D eigenvalue weighted by molar-refractivity contribution is 0.541. The SMILES string of the molecule is Cc1ccc2nc(CSc3ccccc3N3CCC(O)=N3)oc2c1. The molecule has 0 atom stereocenters. The van der Waals surface area contributed by atoms with Gasteiger partial charge in [-0.15, -0.1) is 16.9 Å². The Kier molecular flexibility index (Phi) is 3.90. The zero-order valence-corrected chi connectivity index (χ0v) is 14.1. The Morgan fingerprint density at radius 2 is 2.12 bits per heavy atom. The van der Waals surface area contributed by atoms with Crippen molar-refractivity contribution < 1.29 is 9.52 Å². The maximum atomic E-state index is 9.54. The molecule has 2 heterocycles. The number of benzene rings is 2. The number of hydrogen-bond donors (Lipinski definition) is 1. The molecule has 0 unspecified atom stereocenters. The van der Waals surface area contributed by atoms with Crippen molar-refractivity contribution in [3.8, 4) is 0 Å². The van der Waals surface area contributed by atoms with Crippen LogP contribution in [-0.2, 0) is 5.75 Å². The lowest BCUT2D eigenvalue weighted by Crippen LogP contribution is -2.12. The zero-order chi connectivity index (χ0) is 16.5. The van der Waals surface area contributed by atoms with E-state index < -0.39 is 0 Å². The maximum absolute atomic E-state index is 9.54. The van der Waals surface area contributed by atoms with Gasteiger partial charge in [-0.3, -0.25) is 5.01 Å². The molecule has 0 spiro atoms. The number of anilines is 1. The molecule has 0 aliphatic carbocycles. The first kappa shape index (κ1) is 15.1. The highest BCUT2D eigenvalue weighted by Crippen LogP contribution is 2.34. The molecule has 0 amide bonds. The summed E-state index contributed by atoms with van der Waals surface area (Å²) in [5.41, 5.74) is 3.87. The van der Waals surface area contributed by atoms with Gasteiger partial charge in [0.05, 0.1) is 18.0 Å². The van der Waals surface area contributed by atoms with E-state index in [2.05, 4.69) is 16.2 Å². The molecule has 0 fully saturated rings. The normalized spacial score (nSPS) is 14.4. The minimum Gasteiger partial charge on any atom is -0.495 e. The lowest BCUT2D eigenvalue weighted by atomic mass is 10.2. The molecule has 3 aromatic rings. The highest BCUT2D eigenvalue weighted by molar-refractivity contribution is 7.98. The van der Waals surface area contributed by atoms with E-state index in [9.17, 15) is 5.11 Å². The smallest absolute Gasteiger partial charge is 0.205 e. The summed E-state index contributed by atoms with van der Waals surface area (Å²) in [6, 6.07) is 14.1. The van der Waals surface area contributed by atoms with Crippen LogP contribution < -0.4 is 5.01 Å². The molecule has 1 aliphatic rings. The molecule has 0 saturated heterocycles. The van der Waals surface area contributed by atoms with Crippen molar-refractivity contribution in [2.45, 2.75) is 24.0 Å². The zero-order valence-electron chi connectivity index (χ0n) is 13.3. The van der Waals surface area contributed by atoms with Crippen molar-refractivity contribution in [2.24, 2.45) is 5.10 Å². The third kappa shape index (κ3) is 2.97. The first-order valence-electron chi connectivity index (χ1n) is 7.81. The number of aryl methyl sites for hydroxylation is 1. The van der Waals surface area contributed by atoms with Crippen LogP contribution in [0.25, 0.3) is 11.1 Å². The third-order valence-corrected chi connectivity index (χ3v) is 4.91. The number of rotatable bonds is 4. The Balaban J connectivity index is 1.55. The molecule has 122 valence electrons. The summed E-state index contributed by atoms with van der Waals surface area (Å²) >= 11 is 1.66. The summed E-state index contributed by atoms with van der Waals surface area (Å²) < 4.78 is 5.84. The number of aliphatic hydroxyl groups is 1. The molecule has 24 heavy (non-hydrogen) atoms. The third-order valence-electron chi connectivity index (χ3n) is 3.87. The van der Waals surface area contributed by atoms with E-state index in [0.29, 0.717) is 24.6 Å². The predicted octanol–water partition coefficient (Wildman–Crippen LogP) is 4.51. The fourth-order valence-electron chi connectivity index (χ4n) is 2.69. The summed E-state index contributed by atoms with van der Waals surface area (Å²) in [6.07, 6.45) is 0.587. The molecule has 5 nitrogen and oxygen atoms in total. The van der Waals surface area contributed by atoms with Crippen LogP contribution in [0.1, 0.15) is 17.9 Å². The first-order valence-corrected chi connectivity index (χ1v) is 8.79. The van der Waals surface area contributed by atoms with Gasteiger partial charge in [0.2, 0.25) is 11.8 Å². The topological polar surface area (TPSA) is 61.9 Å². The monoisotopic (exact) mass is 339 g/mol. The number of hydrazone groups is 1. The van der Waals surface area contributed by atoms with Crippen LogP contribution in [0.15, 0.2) is 56.9 Å². The molecule has 0 bridgehead atoms. The second-order valence-corrected chi connectivity index (χ2v) is 6.74.